The molecule has 1 atom stereocenters. The number of nitrogens with zero attached hydrogens (tertiary/aromatic N) is 2. The fourth-order valence-electron chi connectivity index (χ4n) is 4.06. The van der Waals surface area contributed by atoms with E-state index in [2.05, 4.69) is 44.3 Å². The van der Waals surface area contributed by atoms with E-state index in [1.807, 2.05) is 13.0 Å². The molecule has 162 valence electrons. The summed E-state index contributed by atoms with van der Waals surface area (Å²) in [6.07, 6.45) is 3.44. The third kappa shape index (κ3) is 4.55. The molecule has 0 bridgehead atoms. The highest BCUT2D eigenvalue weighted by molar-refractivity contribution is 5.83. The summed E-state index contributed by atoms with van der Waals surface area (Å²) in [6, 6.07) is 14.7. The molecular formula is C26H30FN3O. The van der Waals surface area contributed by atoms with Crippen molar-refractivity contribution in [2.24, 2.45) is 0 Å². The lowest BCUT2D eigenvalue weighted by atomic mass is 9.92. The third-order valence-electron chi connectivity index (χ3n) is 6.08. The molecule has 31 heavy (non-hydrogen) atoms. The average Bonchev–Trinajstić information content (AvgIpc) is 3.38. The van der Waals surface area contributed by atoms with Crippen LogP contribution < -0.4 is 5.32 Å². The van der Waals surface area contributed by atoms with Gasteiger partial charge in [-0.2, -0.15) is 5.10 Å². The number of benzene rings is 2. The minimum atomic E-state index is -0.287. The van der Waals surface area contributed by atoms with Gasteiger partial charge < -0.3 is 5.32 Å². The first-order chi connectivity index (χ1) is 14.7. The van der Waals surface area contributed by atoms with Gasteiger partial charge in [0.15, 0.2) is 0 Å². The van der Waals surface area contributed by atoms with Crippen molar-refractivity contribution in [1.82, 2.24) is 15.1 Å². The SMILES string of the molecule is CC(C(=O)NCc1cc(C(C)(C)C)nn1-c1ccc(F)cc1)c1ccc2c(c1)CCC2. The van der Waals surface area contributed by atoms with Crippen molar-refractivity contribution < 1.29 is 9.18 Å². The number of aryl methyl sites for hydroxylation is 2. The lowest BCUT2D eigenvalue weighted by molar-refractivity contribution is -0.122. The molecule has 0 fully saturated rings. The van der Waals surface area contributed by atoms with Gasteiger partial charge in [-0.15, -0.1) is 0 Å². The number of carbonyl (C=O) groups excluding carboxylic acids is 1. The normalized spacial score (nSPS) is 14.4. The first-order valence-corrected chi connectivity index (χ1v) is 11.0. The van der Waals surface area contributed by atoms with Crippen LogP contribution in [0.1, 0.15) is 68.1 Å². The van der Waals surface area contributed by atoms with E-state index < -0.39 is 0 Å². The summed E-state index contributed by atoms with van der Waals surface area (Å²) in [4.78, 5) is 12.9. The lowest BCUT2D eigenvalue weighted by Crippen LogP contribution is -2.28. The molecule has 1 aliphatic rings. The van der Waals surface area contributed by atoms with Crippen molar-refractivity contribution in [2.45, 2.75) is 64.8 Å². The molecular weight excluding hydrogens is 389 g/mol. The molecule has 1 amide bonds. The highest BCUT2D eigenvalue weighted by Gasteiger charge is 2.22. The van der Waals surface area contributed by atoms with Crippen molar-refractivity contribution in [3.8, 4) is 5.69 Å². The van der Waals surface area contributed by atoms with E-state index in [-0.39, 0.29) is 23.1 Å². The monoisotopic (exact) mass is 419 g/mol. The molecule has 0 radical (unpaired) electrons. The van der Waals surface area contributed by atoms with Crippen LogP contribution in [-0.2, 0) is 29.6 Å². The highest BCUT2D eigenvalue weighted by Crippen LogP contribution is 2.27. The van der Waals surface area contributed by atoms with Crippen LogP contribution >= 0.6 is 0 Å². The number of rotatable bonds is 5. The first kappa shape index (κ1) is 21.3. The fraction of sp³-hybridized carbons (Fsp3) is 0.385. The van der Waals surface area contributed by atoms with Crippen molar-refractivity contribution in [2.75, 3.05) is 0 Å². The Balaban J connectivity index is 1.53. The Morgan fingerprint density at radius 2 is 1.81 bits per heavy atom. The van der Waals surface area contributed by atoms with Crippen molar-refractivity contribution >= 4 is 5.91 Å². The quantitative estimate of drug-likeness (QED) is 0.616. The van der Waals surface area contributed by atoms with Crippen LogP contribution in [-0.4, -0.2) is 15.7 Å². The summed E-state index contributed by atoms with van der Waals surface area (Å²) >= 11 is 0. The molecule has 4 nitrogen and oxygen atoms in total. The van der Waals surface area contributed by atoms with Gasteiger partial charge >= 0.3 is 0 Å². The van der Waals surface area contributed by atoms with E-state index in [4.69, 9.17) is 5.10 Å². The predicted molar refractivity (Wildman–Crippen MR) is 121 cm³/mol. The molecule has 0 saturated carbocycles. The smallest absolute Gasteiger partial charge is 0.227 e. The second-order valence-electron chi connectivity index (χ2n) is 9.48. The molecule has 3 aromatic rings. The molecule has 1 unspecified atom stereocenters. The zero-order chi connectivity index (χ0) is 22.2. The number of carbonyl (C=O) groups is 1. The van der Waals surface area contributed by atoms with Gasteiger partial charge in [-0.05, 0) is 73.2 Å². The molecule has 1 N–H and O–H groups in total. The van der Waals surface area contributed by atoms with Crippen LogP contribution in [0.5, 0.6) is 0 Å². The molecule has 1 aromatic heterocycles. The summed E-state index contributed by atoms with van der Waals surface area (Å²) in [5, 5.41) is 7.82. The predicted octanol–water partition coefficient (Wildman–Crippen LogP) is 5.22. The average molecular weight is 420 g/mol. The second kappa shape index (κ2) is 8.29. The Hall–Kier alpha value is -2.95. The van der Waals surface area contributed by atoms with Gasteiger partial charge in [0, 0.05) is 5.41 Å². The lowest BCUT2D eigenvalue weighted by Gasteiger charge is -2.15. The van der Waals surface area contributed by atoms with Gasteiger partial charge in [0.25, 0.3) is 0 Å². The summed E-state index contributed by atoms with van der Waals surface area (Å²) < 4.78 is 15.2. The Kier molecular flexibility index (Phi) is 5.69. The number of hydrogen-bond acceptors (Lipinski definition) is 2. The van der Waals surface area contributed by atoms with E-state index in [0.29, 0.717) is 6.54 Å². The van der Waals surface area contributed by atoms with Gasteiger partial charge in [0.05, 0.1) is 29.5 Å². The molecule has 2 aromatic carbocycles. The van der Waals surface area contributed by atoms with Gasteiger partial charge in [-0.3, -0.25) is 4.79 Å². The Morgan fingerprint density at radius 1 is 1.10 bits per heavy atom. The first-order valence-electron chi connectivity index (χ1n) is 11.0. The fourth-order valence-corrected chi connectivity index (χ4v) is 4.06. The minimum Gasteiger partial charge on any atom is -0.350 e. The summed E-state index contributed by atoms with van der Waals surface area (Å²) in [5.74, 6) is -0.526. The van der Waals surface area contributed by atoms with Crippen LogP contribution in [0.3, 0.4) is 0 Å². The maximum atomic E-state index is 13.4. The van der Waals surface area contributed by atoms with Gasteiger partial charge in [-0.25, -0.2) is 9.07 Å². The molecule has 0 spiro atoms. The summed E-state index contributed by atoms with van der Waals surface area (Å²) in [6.45, 7) is 8.60. The molecule has 0 aliphatic heterocycles. The maximum Gasteiger partial charge on any atom is 0.227 e. The largest absolute Gasteiger partial charge is 0.350 e. The van der Waals surface area contributed by atoms with Crippen LogP contribution in [0.2, 0.25) is 0 Å². The molecule has 1 aliphatic carbocycles. The number of amides is 1. The summed E-state index contributed by atoms with van der Waals surface area (Å²) in [7, 11) is 0. The van der Waals surface area contributed by atoms with Crippen LogP contribution in [0.15, 0.2) is 48.5 Å². The molecule has 5 heteroatoms. The van der Waals surface area contributed by atoms with Crippen molar-refractivity contribution in [3.63, 3.8) is 0 Å². The Bertz CT molecular complexity index is 1090. The Labute approximate surface area is 183 Å². The zero-order valence-electron chi connectivity index (χ0n) is 18.7. The number of hydrogen-bond donors (Lipinski definition) is 1. The van der Waals surface area contributed by atoms with E-state index >= 15 is 0 Å². The van der Waals surface area contributed by atoms with E-state index in [1.54, 1.807) is 16.8 Å². The van der Waals surface area contributed by atoms with E-state index in [9.17, 15) is 9.18 Å². The number of nitrogens with one attached hydrogen (secondary N) is 1. The molecule has 0 saturated heterocycles. The topological polar surface area (TPSA) is 46.9 Å². The number of halogens is 1. The van der Waals surface area contributed by atoms with Crippen molar-refractivity contribution in [3.05, 3.63) is 82.4 Å². The molecule has 4 rings (SSSR count). The standard InChI is InChI=1S/C26H30FN3O/c1-17(19-9-8-18-6-5-7-20(18)14-19)25(31)28-16-23-15-24(26(2,3)4)29-30(23)22-12-10-21(27)11-13-22/h8-15,17H,5-7,16H2,1-4H3,(H,28,31). The van der Waals surface area contributed by atoms with Crippen LogP contribution in [0, 0.1) is 5.82 Å². The van der Waals surface area contributed by atoms with E-state index in [1.165, 1.54) is 29.7 Å². The minimum absolute atomic E-state index is 0.0119. The number of aromatic nitrogens is 2. The van der Waals surface area contributed by atoms with Crippen molar-refractivity contribution in [1.29, 1.82) is 0 Å². The van der Waals surface area contributed by atoms with Crippen LogP contribution in [0.25, 0.3) is 5.69 Å². The van der Waals surface area contributed by atoms with Gasteiger partial charge in [-0.1, -0.05) is 39.0 Å². The van der Waals surface area contributed by atoms with Gasteiger partial charge in [0.1, 0.15) is 5.82 Å². The maximum absolute atomic E-state index is 13.4. The third-order valence-corrected chi connectivity index (χ3v) is 6.08. The number of fused-ring (bicyclic) bond motifs is 1. The second-order valence-corrected chi connectivity index (χ2v) is 9.48. The summed E-state index contributed by atoms with van der Waals surface area (Å²) in [5.41, 5.74) is 6.27. The van der Waals surface area contributed by atoms with Gasteiger partial charge in [0.2, 0.25) is 5.91 Å². The van der Waals surface area contributed by atoms with Crippen LogP contribution in [0.4, 0.5) is 4.39 Å². The molecule has 1 heterocycles. The Morgan fingerprint density at radius 3 is 2.52 bits per heavy atom. The zero-order valence-corrected chi connectivity index (χ0v) is 18.7. The highest BCUT2D eigenvalue weighted by atomic mass is 19.1. The van der Waals surface area contributed by atoms with E-state index in [0.717, 1.165) is 35.5 Å².